The number of ether oxygens (including phenoxy) is 1. The highest BCUT2D eigenvalue weighted by Gasteiger charge is 2.25. The molecule has 0 saturated carbocycles. The van der Waals surface area contributed by atoms with Gasteiger partial charge in [0.15, 0.2) is 0 Å². The molecule has 1 aromatic rings. The van der Waals surface area contributed by atoms with Gasteiger partial charge in [-0.2, -0.15) is 5.10 Å². The van der Waals surface area contributed by atoms with Crippen molar-refractivity contribution in [1.29, 1.82) is 0 Å². The molecule has 0 bridgehead atoms. The maximum atomic E-state index is 5.66. The van der Waals surface area contributed by atoms with Gasteiger partial charge >= 0.3 is 0 Å². The third-order valence-electron chi connectivity index (χ3n) is 3.96. The summed E-state index contributed by atoms with van der Waals surface area (Å²) >= 11 is 0. The third kappa shape index (κ3) is 4.03. The summed E-state index contributed by atoms with van der Waals surface area (Å²) in [7, 11) is 0. The molecule has 0 aromatic carbocycles. The highest BCUT2D eigenvalue weighted by molar-refractivity contribution is 4.94. The molecule has 2 rings (SSSR count). The molecule has 1 fully saturated rings. The van der Waals surface area contributed by atoms with E-state index in [2.05, 4.69) is 36.2 Å². The van der Waals surface area contributed by atoms with Crippen LogP contribution in [0.3, 0.4) is 0 Å². The largest absolute Gasteiger partial charge is 0.381 e. The molecule has 0 aliphatic carbocycles. The SMILES string of the molecule is CCCNC(Cc1ncnn1C(C)C)C1CCCOC1. The summed E-state index contributed by atoms with van der Waals surface area (Å²) in [4.78, 5) is 4.45. The van der Waals surface area contributed by atoms with E-state index in [9.17, 15) is 0 Å². The minimum absolute atomic E-state index is 0.363. The van der Waals surface area contributed by atoms with Crippen molar-refractivity contribution in [2.75, 3.05) is 19.8 Å². The van der Waals surface area contributed by atoms with Crippen molar-refractivity contribution in [3.05, 3.63) is 12.2 Å². The minimum Gasteiger partial charge on any atom is -0.381 e. The molecular formula is C15H28N4O. The zero-order chi connectivity index (χ0) is 14.4. The quantitative estimate of drug-likeness (QED) is 0.832. The van der Waals surface area contributed by atoms with Gasteiger partial charge < -0.3 is 10.1 Å². The van der Waals surface area contributed by atoms with E-state index in [0.29, 0.717) is 18.0 Å². The van der Waals surface area contributed by atoms with E-state index in [4.69, 9.17) is 4.74 Å². The van der Waals surface area contributed by atoms with Crippen LogP contribution in [0.1, 0.15) is 51.9 Å². The van der Waals surface area contributed by atoms with Crippen LogP contribution in [0, 0.1) is 5.92 Å². The second-order valence-corrected chi connectivity index (χ2v) is 5.96. The fourth-order valence-corrected chi connectivity index (χ4v) is 2.87. The molecule has 1 aliphatic heterocycles. The summed E-state index contributed by atoms with van der Waals surface area (Å²) < 4.78 is 7.69. The molecular weight excluding hydrogens is 252 g/mol. The summed E-state index contributed by atoms with van der Waals surface area (Å²) in [6.45, 7) is 9.35. The number of rotatable bonds is 7. The van der Waals surface area contributed by atoms with E-state index < -0.39 is 0 Å². The molecule has 5 heteroatoms. The molecule has 1 N–H and O–H groups in total. The predicted molar refractivity (Wildman–Crippen MR) is 79.7 cm³/mol. The van der Waals surface area contributed by atoms with Gasteiger partial charge in [-0.05, 0) is 45.6 Å². The van der Waals surface area contributed by atoms with Gasteiger partial charge in [-0.1, -0.05) is 6.92 Å². The Morgan fingerprint density at radius 2 is 2.35 bits per heavy atom. The first kappa shape index (κ1) is 15.4. The Balaban J connectivity index is 2.03. The molecule has 0 amide bonds. The van der Waals surface area contributed by atoms with Crippen LogP contribution >= 0.6 is 0 Å². The monoisotopic (exact) mass is 280 g/mol. The molecule has 0 radical (unpaired) electrons. The zero-order valence-electron chi connectivity index (χ0n) is 13.0. The lowest BCUT2D eigenvalue weighted by atomic mass is 9.91. The number of nitrogens with zero attached hydrogens (tertiary/aromatic N) is 3. The Labute approximate surface area is 122 Å². The van der Waals surface area contributed by atoms with E-state index in [1.165, 1.54) is 12.8 Å². The first-order valence-corrected chi connectivity index (χ1v) is 7.91. The van der Waals surface area contributed by atoms with Crippen molar-refractivity contribution < 1.29 is 4.74 Å². The van der Waals surface area contributed by atoms with Crippen LogP contribution in [-0.4, -0.2) is 40.6 Å². The van der Waals surface area contributed by atoms with Crippen molar-refractivity contribution >= 4 is 0 Å². The Morgan fingerprint density at radius 1 is 1.50 bits per heavy atom. The molecule has 114 valence electrons. The van der Waals surface area contributed by atoms with Gasteiger partial charge in [0.1, 0.15) is 12.2 Å². The van der Waals surface area contributed by atoms with E-state index in [-0.39, 0.29) is 0 Å². The zero-order valence-corrected chi connectivity index (χ0v) is 13.0. The van der Waals surface area contributed by atoms with E-state index in [1.807, 2.05) is 4.68 Å². The van der Waals surface area contributed by atoms with Gasteiger partial charge in [-0.25, -0.2) is 9.67 Å². The van der Waals surface area contributed by atoms with Crippen LogP contribution in [0.25, 0.3) is 0 Å². The van der Waals surface area contributed by atoms with Gasteiger partial charge in [-0.15, -0.1) is 0 Å². The van der Waals surface area contributed by atoms with E-state index >= 15 is 0 Å². The number of nitrogens with one attached hydrogen (secondary N) is 1. The minimum atomic E-state index is 0.363. The highest BCUT2D eigenvalue weighted by atomic mass is 16.5. The molecule has 20 heavy (non-hydrogen) atoms. The average molecular weight is 280 g/mol. The average Bonchev–Trinajstić information content (AvgIpc) is 2.92. The Morgan fingerprint density at radius 3 is 3.00 bits per heavy atom. The van der Waals surface area contributed by atoms with Crippen molar-refractivity contribution in [2.45, 2.75) is 58.5 Å². The van der Waals surface area contributed by atoms with Crippen molar-refractivity contribution in [2.24, 2.45) is 5.92 Å². The topological polar surface area (TPSA) is 52.0 Å². The normalized spacial score (nSPS) is 21.3. The molecule has 1 aliphatic rings. The summed E-state index contributed by atoms with van der Waals surface area (Å²) in [5, 5.41) is 8.02. The van der Waals surface area contributed by atoms with E-state index in [0.717, 1.165) is 38.4 Å². The fourth-order valence-electron chi connectivity index (χ4n) is 2.87. The number of aromatic nitrogens is 3. The Kier molecular flexibility index (Phi) is 5.98. The van der Waals surface area contributed by atoms with Crippen LogP contribution in [-0.2, 0) is 11.2 Å². The smallest absolute Gasteiger partial charge is 0.138 e. The second kappa shape index (κ2) is 7.74. The fraction of sp³-hybridized carbons (Fsp3) is 0.867. The van der Waals surface area contributed by atoms with Crippen LogP contribution in [0.4, 0.5) is 0 Å². The Bertz CT molecular complexity index is 385. The lowest BCUT2D eigenvalue weighted by Crippen LogP contribution is -2.42. The van der Waals surface area contributed by atoms with Crippen LogP contribution < -0.4 is 5.32 Å². The predicted octanol–water partition coefficient (Wildman–Crippen LogP) is 2.20. The van der Waals surface area contributed by atoms with Gasteiger partial charge in [0.05, 0.1) is 6.61 Å². The summed E-state index contributed by atoms with van der Waals surface area (Å²) in [5.74, 6) is 1.67. The van der Waals surface area contributed by atoms with Gasteiger partial charge in [0.2, 0.25) is 0 Å². The molecule has 2 atom stereocenters. The molecule has 2 unspecified atom stereocenters. The molecule has 5 nitrogen and oxygen atoms in total. The van der Waals surface area contributed by atoms with Crippen molar-refractivity contribution in [1.82, 2.24) is 20.1 Å². The van der Waals surface area contributed by atoms with Crippen LogP contribution in [0.5, 0.6) is 0 Å². The molecule has 1 saturated heterocycles. The molecule has 2 heterocycles. The Hall–Kier alpha value is -0.940. The van der Waals surface area contributed by atoms with Gasteiger partial charge in [0.25, 0.3) is 0 Å². The maximum Gasteiger partial charge on any atom is 0.138 e. The van der Waals surface area contributed by atoms with E-state index in [1.54, 1.807) is 6.33 Å². The lowest BCUT2D eigenvalue weighted by molar-refractivity contribution is 0.0388. The van der Waals surface area contributed by atoms with Crippen LogP contribution in [0.15, 0.2) is 6.33 Å². The number of hydrogen-bond acceptors (Lipinski definition) is 4. The molecule has 1 aromatic heterocycles. The van der Waals surface area contributed by atoms with Crippen LogP contribution in [0.2, 0.25) is 0 Å². The second-order valence-electron chi connectivity index (χ2n) is 5.96. The molecule has 0 spiro atoms. The van der Waals surface area contributed by atoms with Crippen molar-refractivity contribution in [3.8, 4) is 0 Å². The standard InChI is InChI=1S/C15H28N4O/c1-4-7-16-14(13-6-5-8-20-10-13)9-15-17-11-18-19(15)12(2)3/h11-14,16H,4-10H2,1-3H3. The van der Waals surface area contributed by atoms with Gasteiger partial charge in [0, 0.05) is 25.1 Å². The lowest BCUT2D eigenvalue weighted by Gasteiger charge is -2.31. The van der Waals surface area contributed by atoms with Gasteiger partial charge in [-0.3, -0.25) is 0 Å². The summed E-state index contributed by atoms with van der Waals surface area (Å²) in [5.41, 5.74) is 0. The number of hydrogen-bond donors (Lipinski definition) is 1. The first-order valence-electron chi connectivity index (χ1n) is 7.91. The summed E-state index contributed by atoms with van der Waals surface area (Å²) in [6, 6.07) is 0.805. The first-order chi connectivity index (χ1) is 9.72. The summed E-state index contributed by atoms with van der Waals surface area (Å²) in [6.07, 6.45) is 6.18. The maximum absolute atomic E-state index is 5.66. The van der Waals surface area contributed by atoms with Crippen molar-refractivity contribution in [3.63, 3.8) is 0 Å². The highest BCUT2D eigenvalue weighted by Crippen LogP contribution is 2.20. The third-order valence-corrected chi connectivity index (χ3v) is 3.96.